The lowest BCUT2D eigenvalue weighted by Gasteiger charge is -2.38. The molecule has 1 saturated heterocycles. The molecule has 18 heavy (non-hydrogen) atoms. The molecule has 2 atom stereocenters. The molecule has 1 aliphatic rings. The highest BCUT2D eigenvalue weighted by molar-refractivity contribution is 9.10. The molecule has 1 aromatic rings. The molecule has 0 saturated carbocycles. The van der Waals surface area contributed by atoms with Crippen LogP contribution in [0.25, 0.3) is 0 Å². The zero-order valence-electron chi connectivity index (χ0n) is 10.4. The van der Waals surface area contributed by atoms with Crippen LogP contribution in [0.2, 0.25) is 0 Å². The summed E-state index contributed by atoms with van der Waals surface area (Å²) in [4.78, 5) is 14.2. The van der Waals surface area contributed by atoms with Crippen LogP contribution in [0, 0.1) is 5.82 Å². The summed E-state index contributed by atoms with van der Waals surface area (Å²) < 4.78 is 13.9. The highest BCUT2D eigenvalue weighted by atomic mass is 79.9. The number of halogens is 2. The number of nitrogens with zero attached hydrogens (tertiary/aromatic N) is 1. The Morgan fingerprint density at radius 1 is 1.50 bits per heavy atom. The fraction of sp³-hybridized carbons (Fsp3) is 0.462. The smallest absolute Gasteiger partial charge is 0.255 e. The van der Waals surface area contributed by atoms with E-state index in [1.165, 1.54) is 12.1 Å². The molecule has 1 amide bonds. The van der Waals surface area contributed by atoms with E-state index in [0.29, 0.717) is 16.6 Å². The monoisotopic (exact) mass is 314 g/mol. The number of hydrogen-bond acceptors (Lipinski definition) is 2. The molecule has 0 spiro atoms. The van der Waals surface area contributed by atoms with Crippen molar-refractivity contribution in [1.29, 1.82) is 0 Å². The van der Waals surface area contributed by atoms with Crippen LogP contribution in [0.4, 0.5) is 4.39 Å². The minimum Gasteiger partial charge on any atom is -0.333 e. The van der Waals surface area contributed by atoms with Crippen molar-refractivity contribution in [3.63, 3.8) is 0 Å². The summed E-state index contributed by atoms with van der Waals surface area (Å²) in [5.74, 6) is -0.514. The molecule has 1 aliphatic heterocycles. The van der Waals surface area contributed by atoms with Crippen LogP contribution in [-0.4, -0.2) is 36.0 Å². The summed E-state index contributed by atoms with van der Waals surface area (Å²) in [6, 6.07) is 4.53. The quantitative estimate of drug-likeness (QED) is 0.863. The van der Waals surface area contributed by atoms with Gasteiger partial charge in [0.25, 0.3) is 5.91 Å². The van der Waals surface area contributed by atoms with Gasteiger partial charge in [-0.3, -0.25) is 4.79 Å². The van der Waals surface area contributed by atoms with Gasteiger partial charge in [-0.15, -0.1) is 0 Å². The lowest BCUT2D eigenvalue weighted by atomic mass is 10.1. The Kier molecular flexibility index (Phi) is 4.02. The number of rotatable bonds is 1. The molecule has 3 nitrogen and oxygen atoms in total. The average molecular weight is 315 g/mol. The molecule has 98 valence electrons. The van der Waals surface area contributed by atoms with Gasteiger partial charge in [-0.05, 0) is 48.0 Å². The molecule has 1 aromatic carbocycles. The normalized spacial score (nSPS) is 24.1. The van der Waals surface area contributed by atoms with Crippen molar-refractivity contribution in [2.45, 2.75) is 25.9 Å². The van der Waals surface area contributed by atoms with Crippen LogP contribution in [0.1, 0.15) is 24.2 Å². The molecular formula is C13H16BrFN2O. The Balaban J connectivity index is 2.27. The van der Waals surface area contributed by atoms with Crippen LogP contribution in [0.3, 0.4) is 0 Å². The predicted octanol–water partition coefficient (Wildman–Crippen LogP) is 2.41. The van der Waals surface area contributed by atoms with Gasteiger partial charge in [-0.25, -0.2) is 4.39 Å². The first-order valence-electron chi connectivity index (χ1n) is 6.00. The number of piperazine rings is 1. The first kappa shape index (κ1) is 13.5. The molecule has 0 bridgehead atoms. The van der Waals surface area contributed by atoms with E-state index in [9.17, 15) is 9.18 Å². The molecule has 2 rings (SSSR count). The summed E-state index contributed by atoms with van der Waals surface area (Å²) in [5.41, 5.74) is 0.385. The molecule has 2 unspecified atom stereocenters. The van der Waals surface area contributed by atoms with Crippen LogP contribution in [0.5, 0.6) is 0 Å². The van der Waals surface area contributed by atoms with E-state index in [0.717, 1.165) is 6.54 Å². The topological polar surface area (TPSA) is 32.3 Å². The number of nitrogens with one attached hydrogen (secondary N) is 1. The molecule has 5 heteroatoms. The maximum Gasteiger partial charge on any atom is 0.255 e. The minimum absolute atomic E-state index is 0.0985. The minimum atomic E-state index is -0.391. The standard InChI is InChI=1S/C13H16BrFN2O/c1-8-9(2)17(6-5-16-8)13(18)11-7-10(15)3-4-12(11)14/h3-4,7-9,16H,5-6H2,1-2H3. The maximum absolute atomic E-state index is 13.2. The molecule has 0 aliphatic carbocycles. The first-order valence-corrected chi connectivity index (χ1v) is 6.79. The third-order valence-electron chi connectivity index (χ3n) is 3.45. The second-order valence-electron chi connectivity index (χ2n) is 4.61. The van der Waals surface area contributed by atoms with Crippen molar-refractivity contribution in [3.8, 4) is 0 Å². The van der Waals surface area contributed by atoms with Gasteiger partial charge in [0, 0.05) is 29.6 Å². The number of hydrogen-bond donors (Lipinski definition) is 1. The summed E-state index contributed by atoms with van der Waals surface area (Å²) in [6.07, 6.45) is 0. The average Bonchev–Trinajstić information content (AvgIpc) is 2.35. The zero-order chi connectivity index (χ0) is 13.3. The Labute approximate surface area is 114 Å². The molecule has 1 heterocycles. The Hall–Kier alpha value is -0.940. The predicted molar refractivity (Wildman–Crippen MR) is 72.1 cm³/mol. The van der Waals surface area contributed by atoms with E-state index in [2.05, 4.69) is 21.2 Å². The first-order chi connectivity index (χ1) is 8.50. The second-order valence-corrected chi connectivity index (χ2v) is 5.46. The van der Waals surface area contributed by atoms with Crippen molar-refractivity contribution in [3.05, 3.63) is 34.1 Å². The third kappa shape index (κ3) is 2.57. The van der Waals surface area contributed by atoms with Crippen LogP contribution in [-0.2, 0) is 0 Å². The van der Waals surface area contributed by atoms with Gasteiger partial charge in [-0.1, -0.05) is 0 Å². The Bertz CT molecular complexity index is 466. The van der Waals surface area contributed by atoms with E-state index in [-0.39, 0.29) is 18.0 Å². The maximum atomic E-state index is 13.2. The highest BCUT2D eigenvalue weighted by Gasteiger charge is 2.29. The summed E-state index contributed by atoms with van der Waals surface area (Å²) in [6.45, 7) is 5.46. The van der Waals surface area contributed by atoms with Gasteiger partial charge in [0.1, 0.15) is 5.82 Å². The molecule has 0 radical (unpaired) electrons. The fourth-order valence-electron chi connectivity index (χ4n) is 2.16. The van der Waals surface area contributed by atoms with Crippen molar-refractivity contribution < 1.29 is 9.18 Å². The Morgan fingerprint density at radius 3 is 2.94 bits per heavy atom. The molecule has 1 N–H and O–H groups in total. The Morgan fingerprint density at radius 2 is 2.22 bits per heavy atom. The zero-order valence-corrected chi connectivity index (χ0v) is 12.0. The summed E-state index contributed by atoms with van der Waals surface area (Å²) in [5, 5.41) is 3.31. The van der Waals surface area contributed by atoms with Crippen LogP contribution >= 0.6 is 15.9 Å². The van der Waals surface area contributed by atoms with Gasteiger partial charge in [0.2, 0.25) is 0 Å². The number of benzene rings is 1. The van der Waals surface area contributed by atoms with Crippen molar-refractivity contribution in [1.82, 2.24) is 10.2 Å². The van der Waals surface area contributed by atoms with Crippen LogP contribution in [0.15, 0.2) is 22.7 Å². The van der Waals surface area contributed by atoms with Crippen molar-refractivity contribution >= 4 is 21.8 Å². The lowest BCUT2D eigenvalue weighted by Crippen LogP contribution is -2.57. The molecular weight excluding hydrogens is 299 g/mol. The number of carbonyl (C=O) groups excluding carboxylic acids is 1. The molecule has 0 aromatic heterocycles. The van der Waals surface area contributed by atoms with Gasteiger partial charge < -0.3 is 10.2 Å². The van der Waals surface area contributed by atoms with Crippen molar-refractivity contribution in [2.24, 2.45) is 0 Å². The van der Waals surface area contributed by atoms with Crippen LogP contribution < -0.4 is 5.32 Å². The SMILES string of the molecule is CC1NCCN(C(=O)c2cc(F)ccc2Br)C1C. The van der Waals surface area contributed by atoms with Gasteiger partial charge in [0.15, 0.2) is 0 Å². The van der Waals surface area contributed by atoms with Crippen molar-refractivity contribution in [2.75, 3.05) is 13.1 Å². The third-order valence-corrected chi connectivity index (χ3v) is 4.15. The van der Waals surface area contributed by atoms with Gasteiger partial charge >= 0.3 is 0 Å². The van der Waals surface area contributed by atoms with E-state index in [1.54, 1.807) is 11.0 Å². The van der Waals surface area contributed by atoms with E-state index >= 15 is 0 Å². The number of amides is 1. The second kappa shape index (κ2) is 5.36. The van der Waals surface area contributed by atoms with E-state index < -0.39 is 5.82 Å². The fourth-order valence-corrected chi connectivity index (χ4v) is 2.58. The number of carbonyl (C=O) groups is 1. The summed E-state index contributed by atoms with van der Waals surface area (Å²) >= 11 is 3.30. The summed E-state index contributed by atoms with van der Waals surface area (Å²) in [7, 11) is 0. The largest absolute Gasteiger partial charge is 0.333 e. The van der Waals surface area contributed by atoms with E-state index in [4.69, 9.17) is 0 Å². The molecule has 1 fully saturated rings. The highest BCUT2D eigenvalue weighted by Crippen LogP contribution is 2.22. The lowest BCUT2D eigenvalue weighted by molar-refractivity contribution is 0.0601. The van der Waals surface area contributed by atoms with Gasteiger partial charge in [-0.2, -0.15) is 0 Å². The van der Waals surface area contributed by atoms with Gasteiger partial charge in [0.05, 0.1) is 5.56 Å². The van der Waals surface area contributed by atoms with E-state index in [1.807, 2.05) is 13.8 Å².